The monoisotopic (exact) mass is 460 g/mol. The molecule has 1 aromatic heterocycles. The maximum Gasteiger partial charge on any atom is 0.257 e. The van der Waals surface area contributed by atoms with Crippen molar-refractivity contribution in [3.05, 3.63) is 40.3 Å². The van der Waals surface area contributed by atoms with Crippen LogP contribution >= 0.6 is 11.3 Å². The summed E-state index contributed by atoms with van der Waals surface area (Å²) in [5.41, 5.74) is 0.976. The molecular weight excluding hydrogens is 428 g/mol. The number of benzene rings is 1. The van der Waals surface area contributed by atoms with Gasteiger partial charge in [0.05, 0.1) is 18.2 Å². The van der Waals surface area contributed by atoms with E-state index in [4.69, 9.17) is 9.47 Å². The van der Waals surface area contributed by atoms with Crippen LogP contribution in [0.1, 0.15) is 36.1 Å². The van der Waals surface area contributed by atoms with Crippen LogP contribution in [-0.2, 0) is 16.1 Å². The first-order valence-electron chi connectivity index (χ1n) is 10.7. The molecule has 1 aliphatic heterocycles. The van der Waals surface area contributed by atoms with Crippen LogP contribution in [0, 0.1) is 5.92 Å². The van der Waals surface area contributed by atoms with Gasteiger partial charge in [-0.15, -0.1) is 11.3 Å². The van der Waals surface area contributed by atoms with E-state index in [9.17, 15) is 9.59 Å². The number of ether oxygens (including phenoxy) is 2. The molecule has 0 bridgehead atoms. The molecule has 3 rings (SSSR count). The number of hydrogen-bond acceptors (Lipinski definition) is 7. The molecule has 1 aromatic carbocycles. The fourth-order valence-corrected chi connectivity index (χ4v) is 4.50. The molecule has 2 aromatic rings. The van der Waals surface area contributed by atoms with E-state index in [2.05, 4.69) is 29.0 Å². The van der Waals surface area contributed by atoms with Gasteiger partial charge in [-0.05, 0) is 31.0 Å². The van der Waals surface area contributed by atoms with Crippen molar-refractivity contribution in [1.82, 2.24) is 14.8 Å². The lowest BCUT2D eigenvalue weighted by molar-refractivity contribution is -0.114. The van der Waals surface area contributed by atoms with Crippen molar-refractivity contribution in [2.75, 3.05) is 39.2 Å². The van der Waals surface area contributed by atoms with Gasteiger partial charge in [-0.2, -0.15) is 0 Å². The van der Waals surface area contributed by atoms with E-state index in [1.54, 1.807) is 48.6 Å². The van der Waals surface area contributed by atoms with Crippen LogP contribution in [0.4, 0.5) is 5.69 Å². The number of aromatic nitrogens is 1. The topological polar surface area (TPSA) is 84.0 Å². The molecule has 0 radical (unpaired) electrons. The molecule has 8 nitrogen and oxygen atoms in total. The molecule has 0 spiro atoms. The fraction of sp³-hybridized carbons (Fsp3) is 0.522. The van der Waals surface area contributed by atoms with Gasteiger partial charge in [0, 0.05) is 57.5 Å². The number of thiazole rings is 1. The Morgan fingerprint density at radius 1 is 1.34 bits per heavy atom. The second-order valence-electron chi connectivity index (χ2n) is 8.34. The quantitative estimate of drug-likeness (QED) is 0.755. The van der Waals surface area contributed by atoms with E-state index < -0.39 is 0 Å². The van der Waals surface area contributed by atoms with Gasteiger partial charge in [0.15, 0.2) is 0 Å². The zero-order valence-electron chi connectivity index (χ0n) is 19.3. The summed E-state index contributed by atoms with van der Waals surface area (Å²) in [4.78, 5) is 33.2. The minimum atomic E-state index is -0.195. The highest BCUT2D eigenvalue weighted by Gasteiger charge is 2.28. The van der Waals surface area contributed by atoms with E-state index in [1.807, 2.05) is 11.6 Å². The fourth-order valence-electron chi connectivity index (χ4n) is 3.86. The third kappa shape index (κ3) is 6.05. The second kappa shape index (κ2) is 10.9. The van der Waals surface area contributed by atoms with Crippen molar-refractivity contribution >= 4 is 28.8 Å². The number of carbonyl (C=O) groups is 2. The maximum absolute atomic E-state index is 13.3. The van der Waals surface area contributed by atoms with Gasteiger partial charge in [-0.25, -0.2) is 4.98 Å². The molecule has 2 heterocycles. The Morgan fingerprint density at radius 2 is 2.12 bits per heavy atom. The van der Waals surface area contributed by atoms with Gasteiger partial charge in [0.25, 0.3) is 5.91 Å². The molecule has 174 valence electrons. The number of anilines is 1. The number of nitrogens with zero attached hydrogens (tertiary/aromatic N) is 3. The van der Waals surface area contributed by atoms with Gasteiger partial charge >= 0.3 is 0 Å². The van der Waals surface area contributed by atoms with Gasteiger partial charge in [-0.1, -0.05) is 6.92 Å². The predicted octanol–water partition coefficient (Wildman–Crippen LogP) is 3.11. The van der Waals surface area contributed by atoms with Gasteiger partial charge in [0.2, 0.25) is 5.91 Å². The number of methoxy groups -OCH3 is 1. The highest BCUT2D eigenvalue weighted by Crippen LogP contribution is 2.27. The lowest BCUT2D eigenvalue weighted by Gasteiger charge is -2.35. The van der Waals surface area contributed by atoms with Gasteiger partial charge in [-0.3, -0.25) is 14.5 Å². The summed E-state index contributed by atoms with van der Waals surface area (Å²) in [6.07, 6.45) is 1.69. The normalized spacial score (nSPS) is 23.0. The molecule has 3 atom stereocenters. The first kappa shape index (κ1) is 24.2. The summed E-state index contributed by atoms with van der Waals surface area (Å²) in [5, 5.41) is 5.78. The van der Waals surface area contributed by atoms with Crippen LogP contribution in [0.3, 0.4) is 0 Å². The minimum absolute atomic E-state index is 0.0917. The largest absolute Gasteiger partial charge is 0.491 e. The zero-order chi connectivity index (χ0) is 23.3. The third-order valence-corrected chi connectivity index (χ3v) is 6.48. The Kier molecular flexibility index (Phi) is 8.22. The summed E-state index contributed by atoms with van der Waals surface area (Å²) in [7, 11) is 3.45. The van der Waals surface area contributed by atoms with Crippen molar-refractivity contribution in [2.45, 2.75) is 39.5 Å². The summed E-state index contributed by atoms with van der Waals surface area (Å²) in [5.74, 6) is 0.315. The molecule has 0 saturated heterocycles. The molecule has 0 saturated carbocycles. The molecule has 0 aliphatic carbocycles. The molecule has 0 fully saturated rings. The molecule has 0 unspecified atom stereocenters. The SMILES string of the molecule is CO[C@@H]1CN(C)C(=O)c2cc(NC(C)=O)ccc2OC[C@@H](C)N(Cc2nccs2)C[C@H]1C. The first-order valence-corrected chi connectivity index (χ1v) is 11.6. The van der Waals surface area contributed by atoms with Crippen molar-refractivity contribution in [3.63, 3.8) is 0 Å². The van der Waals surface area contributed by atoms with E-state index in [-0.39, 0.29) is 29.9 Å². The van der Waals surface area contributed by atoms with Crippen LogP contribution in [0.25, 0.3) is 0 Å². The van der Waals surface area contributed by atoms with Crippen molar-refractivity contribution < 1.29 is 19.1 Å². The van der Waals surface area contributed by atoms with Gasteiger partial charge in [0.1, 0.15) is 17.4 Å². The molecule has 32 heavy (non-hydrogen) atoms. The number of nitrogens with one attached hydrogen (secondary N) is 1. The number of fused-ring (bicyclic) bond motifs is 1. The number of rotatable bonds is 4. The zero-order valence-corrected chi connectivity index (χ0v) is 20.1. The average molecular weight is 461 g/mol. The van der Waals surface area contributed by atoms with E-state index in [1.165, 1.54) is 6.92 Å². The Balaban J connectivity index is 1.94. The summed E-state index contributed by atoms with van der Waals surface area (Å²) in [6.45, 7) is 8.08. The minimum Gasteiger partial charge on any atom is -0.491 e. The molecule has 9 heteroatoms. The van der Waals surface area contributed by atoms with Crippen molar-refractivity contribution in [3.8, 4) is 5.75 Å². The first-order chi connectivity index (χ1) is 15.3. The number of carbonyl (C=O) groups excluding carboxylic acids is 2. The van der Waals surface area contributed by atoms with Crippen LogP contribution in [-0.4, -0.2) is 72.6 Å². The average Bonchev–Trinajstić information content (AvgIpc) is 3.27. The number of hydrogen-bond donors (Lipinski definition) is 1. The smallest absolute Gasteiger partial charge is 0.257 e. The second-order valence-corrected chi connectivity index (χ2v) is 9.32. The van der Waals surface area contributed by atoms with Crippen molar-refractivity contribution in [1.29, 1.82) is 0 Å². The lowest BCUT2D eigenvalue weighted by Crippen LogP contribution is -2.46. The summed E-state index contributed by atoms with van der Waals surface area (Å²) in [6, 6.07) is 5.25. The summed E-state index contributed by atoms with van der Waals surface area (Å²) >= 11 is 1.64. The highest BCUT2D eigenvalue weighted by atomic mass is 32.1. The molecule has 1 aliphatic rings. The lowest BCUT2D eigenvalue weighted by atomic mass is 10.0. The van der Waals surface area contributed by atoms with Crippen LogP contribution in [0.15, 0.2) is 29.8 Å². The Labute approximate surface area is 193 Å². The Bertz CT molecular complexity index is 921. The van der Waals surface area contributed by atoms with Crippen LogP contribution in [0.5, 0.6) is 5.75 Å². The van der Waals surface area contributed by atoms with Crippen LogP contribution in [0.2, 0.25) is 0 Å². The Morgan fingerprint density at radius 3 is 2.78 bits per heavy atom. The standard InChI is InChI=1S/C23H32N4O4S/c1-15-11-27(13-22-24-8-9-32-22)16(2)14-31-20-7-6-18(25-17(3)28)10-19(20)23(29)26(4)12-21(15)30-5/h6-10,15-16,21H,11-14H2,1-5H3,(H,25,28)/t15-,16-,21-/m1/s1. The van der Waals surface area contributed by atoms with E-state index in [0.29, 0.717) is 30.2 Å². The summed E-state index contributed by atoms with van der Waals surface area (Å²) < 4.78 is 11.9. The molecule has 2 amide bonds. The molecule has 1 N–H and O–H groups in total. The third-order valence-electron chi connectivity index (χ3n) is 5.72. The highest BCUT2D eigenvalue weighted by molar-refractivity contribution is 7.09. The van der Waals surface area contributed by atoms with Gasteiger partial charge < -0.3 is 19.7 Å². The number of likely N-dealkylation sites (N-methyl/N-ethyl adjacent to an activating group) is 1. The maximum atomic E-state index is 13.3. The Hall–Kier alpha value is -2.49. The van der Waals surface area contributed by atoms with E-state index >= 15 is 0 Å². The van der Waals surface area contributed by atoms with Crippen LogP contribution < -0.4 is 10.1 Å². The number of amides is 2. The predicted molar refractivity (Wildman–Crippen MR) is 125 cm³/mol. The molecular formula is C23H32N4O4S. The van der Waals surface area contributed by atoms with Crippen molar-refractivity contribution in [2.24, 2.45) is 5.92 Å². The van der Waals surface area contributed by atoms with E-state index in [0.717, 1.165) is 18.1 Å².